The van der Waals surface area contributed by atoms with Gasteiger partial charge in [0.25, 0.3) is 0 Å². The first-order chi connectivity index (χ1) is 37.0. The summed E-state index contributed by atoms with van der Waals surface area (Å²) in [6, 6.07) is 103. The Kier molecular flexibility index (Phi) is 10.6. The van der Waals surface area contributed by atoms with E-state index in [4.69, 9.17) is 0 Å². The van der Waals surface area contributed by atoms with Gasteiger partial charge in [-0.1, -0.05) is 232 Å². The highest BCUT2D eigenvalue weighted by Gasteiger charge is 2.35. The Balaban J connectivity index is 0.912. The number of aromatic nitrogens is 1. The summed E-state index contributed by atoms with van der Waals surface area (Å²) in [6.45, 7) is 4.70. The SMILES string of the molecule is CC1(C)c2ccccc2-c2cc(-c3cccc(N(c4ccc(-c5cccc6cccc(-c7ccccc7)c56)cc4)c4cccc(-c5ccccc5-c5ccccc5-n5c6ccccc6c6ccccc65)c4)c3)ccc21. The fraction of sp³-hybridized carbons (Fsp3) is 0.0411. The maximum absolute atomic E-state index is 2.44. The second-order valence-electron chi connectivity index (χ2n) is 20.4. The van der Waals surface area contributed by atoms with Crippen LogP contribution < -0.4 is 4.90 Å². The molecule has 1 aromatic heterocycles. The molecule has 0 N–H and O–H groups in total. The lowest BCUT2D eigenvalue weighted by atomic mass is 9.82. The van der Waals surface area contributed by atoms with Crippen LogP contribution in [0.25, 0.3) is 105 Å². The molecule has 0 radical (unpaired) electrons. The first-order valence-corrected chi connectivity index (χ1v) is 26.1. The molecule has 0 atom stereocenters. The summed E-state index contributed by atoms with van der Waals surface area (Å²) < 4.78 is 2.44. The number of hydrogen-bond acceptors (Lipinski definition) is 1. The van der Waals surface area contributed by atoms with E-state index in [0.29, 0.717) is 0 Å². The predicted octanol–water partition coefficient (Wildman–Crippen LogP) is 20.0. The zero-order valence-corrected chi connectivity index (χ0v) is 42.0. The van der Waals surface area contributed by atoms with Crippen molar-refractivity contribution < 1.29 is 0 Å². The average molecular weight is 957 g/mol. The van der Waals surface area contributed by atoms with Crippen molar-refractivity contribution in [2.24, 2.45) is 0 Å². The van der Waals surface area contributed by atoms with Crippen molar-refractivity contribution in [3.8, 4) is 72.4 Å². The highest BCUT2D eigenvalue weighted by atomic mass is 15.1. The van der Waals surface area contributed by atoms with Crippen molar-refractivity contribution in [3.05, 3.63) is 290 Å². The maximum atomic E-state index is 2.44. The van der Waals surface area contributed by atoms with Crippen LogP contribution in [0.2, 0.25) is 0 Å². The maximum Gasteiger partial charge on any atom is 0.0541 e. The van der Waals surface area contributed by atoms with Gasteiger partial charge in [-0.15, -0.1) is 0 Å². The molecule has 2 nitrogen and oxygen atoms in total. The van der Waals surface area contributed by atoms with Crippen molar-refractivity contribution >= 4 is 49.6 Å². The van der Waals surface area contributed by atoms with Gasteiger partial charge in [0.1, 0.15) is 0 Å². The Morgan fingerprint density at radius 1 is 0.293 bits per heavy atom. The summed E-state index contributed by atoms with van der Waals surface area (Å²) in [4.78, 5) is 2.43. The molecule has 354 valence electrons. The Morgan fingerprint density at radius 3 is 1.48 bits per heavy atom. The van der Waals surface area contributed by atoms with E-state index in [0.717, 1.165) is 28.3 Å². The molecule has 75 heavy (non-hydrogen) atoms. The molecule has 0 spiro atoms. The minimum absolute atomic E-state index is 0.0544. The van der Waals surface area contributed by atoms with E-state index in [1.165, 1.54) is 105 Å². The second-order valence-corrected chi connectivity index (χ2v) is 20.4. The molecule has 1 heterocycles. The van der Waals surface area contributed by atoms with Crippen molar-refractivity contribution in [1.29, 1.82) is 0 Å². The molecular formula is C73H52N2. The normalized spacial score (nSPS) is 12.5. The summed E-state index contributed by atoms with van der Waals surface area (Å²) in [7, 11) is 0. The van der Waals surface area contributed by atoms with E-state index in [1.54, 1.807) is 0 Å². The van der Waals surface area contributed by atoms with E-state index in [2.05, 4.69) is 302 Å². The lowest BCUT2D eigenvalue weighted by Gasteiger charge is -2.27. The number of nitrogens with zero attached hydrogens (tertiary/aromatic N) is 2. The molecule has 14 rings (SSSR count). The lowest BCUT2D eigenvalue weighted by molar-refractivity contribution is 0.660. The Morgan fingerprint density at radius 2 is 0.773 bits per heavy atom. The topological polar surface area (TPSA) is 8.17 Å². The summed E-state index contributed by atoms with van der Waals surface area (Å²) in [6.07, 6.45) is 0. The Bertz CT molecular complexity index is 4270. The van der Waals surface area contributed by atoms with Crippen LogP contribution >= 0.6 is 0 Å². The largest absolute Gasteiger partial charge is 0.310 e. The zero-order chi connectivity index (χ0) is 50.0. The monoisotopic (exact) mass is 956 g/mol. The zero-order valence-electron chi connectivity index (χ0n) is 42.0. The van der Waals surface area contributed by atoms with E-state index in [9.17, 15) is 0 Å². The molecule has 0 amide bonds. The average Bonchev–Trinajstić information content (AvgIpc) is 3.94. The molecular weight excluding hydrogens is 905 g/mol. The smallest absolute Gasteiger partial charge is 0.0541 e. The van der Waals surface area contributed by atoms with Crippen LogP contribution in [0.4, 0.5) is 17.1 Å². The molecule has 0 bridgehead atoms. The highest BCUT2D eigenvalue weighted by molar-refractivity contribution is 6.10. The fourth-order valence-corrected chi connectivity index (χ4v) is 12.3. The van der Waals surface area contributed by atoms with Crippen molar-refractivity contribution in [2.45, 2.75) is 19.3 Å². The molecule has 0 saturated carbocycles. The number of fused-ring (bicyclic) bond motifs is 7. The molecule has 0 aliphatic heterocycles. The molecule has 2 heteroatoms. The van der Waals surface area contributed by atoms with Gasteiger partial charge < -0.3 is 9.47 Å². The molecule has 0 saturated heterocycles. The quantitative estimate of drug-likeness (QED) is 0.140. The third-order valence-corrected chi connectivity index (χ3v) is 15.8. The summed E-state index contributed by atoms with van der Waals surface area (Å²) in [5, 5.41) is 4.99. The number of rotatable bonds is 9. The van der Waals surface area contributed by atoms with Crippen LogP contribution in [0, 0.1) is 0 Å². The van der Waals surface area contributed by atoms with Crippen LogP contribution in [-0.2, 0) is 5.41 Å². The van der Waals surface area contributed by atoms with Crippen LogP contribution in [0.15, 0.2) is 279 Å². The first-order valence-electron chi connectivity index (χ1n) is 26.1. The number of anilines is 3. The van der Waals surface area contributed by atoms with Crippen molar-refractivity contribution in [1.82, 2.24) is 4.57 Å². The van der Waals surface area contributed by atoms with Crippen LogP contribution in [-0.4, -0.2) is 4.57 Å². The molecule has 1 aliphatic rings. The molecule has 13 aromatic rings. The van der Waals surface area contributed by atoms with E-state index >= 15 is 0 Å². The summed E-state index contributed by atoms with van der Waals surface area (Å²) in [5.41, 5.74) is 24.0. The van der Waals surface area contributed by atoms with E-state index < -0.39 is 0 Å². The third kappa shape index (κ3) is 7.40. The van der Waals surface area contributed by atoms with Gasteiger partial charge in [0.2, 0.25) is 0 Å². The lowest BCUT2D eigenvalue weighted by Crippen LogP contribution is -2.14. The number of para-hydroxylation sites is 3. The van der Waals surface area contributed by atoms with E-state index in [-0.39, 0.29) is 5.41 Å². The summed E-state index contributed by atoms with van der Waals surface area (Å²) >= 11 is 0. The van der Waals surface area contributed by atoms with Gasteiger partial charge >= 0.3 is 0 Å². The van der Waals surface area contributed by atoms with Gasteiger partial charge in [-0.2, -0.15) is 0 Å². The summed E-state index contributed by atoms with van der Waals surface area (Å²) in [5.74, 6) is 0. The number of hydrogen-bond donors (Lipinski definition) is 0. The molecule has 0 unspecified atom stereocenters. The minimum atomic E-state index is -0.0544. The number of benzene rings is 12. The van der Waals surface area contributed by atoms with Crippen molar-refractivity contribution in [3.63, 3.8) is 0 Å². The predicted molar refractivity (Wildman–Crippen MR) is 318 cm³/mol. The van der Waals surface area contributed by atoms with Gasteiger partial charge in [-0.3, -0.25) is 0 Å². The van der Waals surface area contributed by atoms with Gasteiger partial charge in [-0.05, 0) is 144 Å². The molecule has 0 fully saturated rings. The molecule has 12 aromatic carbocycles. The molecule has 1 aliphatic carbocycles. The van der Waals surface area contributed by atoms with Gasteiger partial charge in [-0.25, -0.2) is 0 Å². The van der Waals surface area contributed by atoms with Gasteiger partial charge in [0.05, 0.1) is 16.7 Å². The Hall–Kier alpha value is -9.50. The van der Waals surface area contributed by atoms with Gasteiger partial charge in [0, 0.05) is 38.8 Å². The van der Waals surface area contributed by atoms with Crippen LogP contribution in [0.5, 0.6) is 0 Å². The fourth-order valence-electron chi connectivity index (χ4n) is 12.3. The minimum Gasteiger partial charge on any atom is -0.310 e. The highest BCUT2D eigenvalue weighted by Crippen LogP contribution is 2.50. The first kappa shape index (κ1) is 44.2. The standard InChI is InChI=1S/C73H52N2/c1-73(2)67-36-12-8-30-62(67)66-48-53(42-45-68(66)73)52-24-16-26-56(46-52)74(55-43-40-50(41-44-55)60-35-19-23-51-22-18-34-59(72(51)60)49-20-4-3-5-21-49)57-27-17-25-54(47-57)58-28-6-7-29-61(58)63-31-9-13-37-69(63)75-70-38-14-10-32-64(70)65-33-11-15-39-71(65)75/h3-48H,1-2H3. The van der Waals surface area contributed by atoms with E-state index in [1.807, 2.05) is 0 Å². The third-order valence-electron chi connectivity index (χ3n) is 15.8. The van der Waals surface area contributed by atoms with Crippen molar-refractivity contribution in [2.75, 3.05) is 4.90 Å². The van der Waals surface area contributed by atoms with Gasteiger partial charge in [0.15, 0.2) is 0 Å². The Labute approximate surface area is 438 Å². The van der Waals surface area contributed by atoms with Crippen LogP contribution in [0.3, 0.4) is 0 Å². The van der Waals surface area contributed by atoms with Crippen LogP contribution in [0.1, 0.15) is 25.0 Å². The second kappa shape index (κ2) is 17.9.